The Morgan fingerprint density at radius 3 is 2.95 bits per heavy atom. The number of carbonyl (C=O) groups is 1. The molecular formula is C17H26N2O2. The molecule has 0 aromatic heterocycles. The van der Waals surface area contributed by atoms with Crippen molar-refractivity contribution in [1.82, 2.24) is 10.2 Å². The topological polar surface area (TPSA) is 41.6 Å². The van der Waals surface area contributed by atoms with E-state index < -0.39 is 0 Å². The van der Waals surface area contributed by atoms with Crippen LogP contribution in [0.1, 0.15) is 31.7 Å². The van der Waals surface area contributed by atoms with Gasteiger partial charge in [0, 0.05) is 13.1 Å². The summed E-state index contributed by atoms with van der Waals surface area (Å²) in [6, 6.07) is 9.83. The van der Waals surface area contributed by atoms with Crippen molar-refractivity contribution in [3.05, 3.63) is 35.9 Å². The molecule has 1 saturated heterocycles. The van der Waals surface area contributed by atoms with Crippen molar-refractivity contribution in [2.45, 2.75) is 32.8 Å². The summed E-state index contributed by atoms with van der Waals surface area (Å²) < 4.78 is 5.41. The summed E-state index contributed by atoms with van der Waals surface area (Å²) in [7, 11) is 0. The van der Waals surface area contributed by atoms with Crippen molar-refractivity contribution in [3.8, 4) is 0 Å². The van der Waals surface area contributed by atoms with Crippen molar-refractivity contribution in [3.63, 3.8) is 0 Å². The van der Waals surface area contributed by atoms with Crippen LogP contribution in [0.15, 0.2) is 30.3 Å². The second-order valence-electron chi connectivity index (χ2n) is 5.64. The highest BCUT2D eigenvalue weighted by Gasteiger charge is 2.24. The first-order chi connectivity index (χ1) is 10.3. The standard InChI is InChI=1S/C17H26N2O2/c1-2-18-11-10-15-9-6-12-19(13-15)17(20)21-14-16-7-4-3-5-8-16/h3-5,7-8,15,18H,2,6,9-14H2,1H3. The molecule has 1 fully saturated rings. The van der Waals surface area contributed by atoms with Crippen LogP contribution in [0.2, 0.25) is 0 Å². The third-order valence-electron chi connectivity index (χ3n) is 3.96. The minimum absolute atomic E-state index is 0.174. The molecule has 4 nitrogen and oxygen atoms in total. The van der Waals surface area contributed by atoms with E-state index in [1.807, 2.05) is 35.2 Å². The fourth-order valence-electron chi connectivity index (χ4n) is 2.76. The molecule has 1 unspecified atom stereocenters. The van der Waals surface area contributed by atoms with Crippen LogP contribution in [0.5, 0.6) is 0 Å². The van der Waals surface area contributed by atoms with Gasteiger partial charge < -0.3 is 15.0 Å². The first kappa shape index (κ1) is 15.8. The van der Waals surface area contributed by atoms with E-state index in [9.17, 15) is 4.79 Å². The zero-order valence-electron chi connectivity index (χ0n) is 12.9. The summed E-state index contributed by atoms with van der Waals surface area (Å²) in [6.07, 6.45) is 3.26. The van der Waals surface area contributed by atoms with Gasteiger partial charge in [-0.15, -0.1) is 0 Å². The molecule has 0 aliphatic carbocycles. The van der Waals surface area contributed by atoms with E-state index in [1.54, 1.807) is 0 Å². The molecule has 1 aromatic carbocycles. The smallest absolute Gasteiger partial charge is 0.410 e. The molecule has 21 heavy (non-hydrogen) atoms. The maximum absolute atomic E-state index is 12.1. The Balaban J connectivity index is 1.74. The number of ether oxygens (including phenoxy) is 1. The Kier molecular flexibility index (Phi) is 6.54. The summed E-state index contributed by atoms with van der Waals surface area (Å²) in [6.45, 7) is 6.18. The van der Waals surface area contributed by atoms with E-state index in [0.717, 1.165) is 44.6 Å². The minimum atomic E-state index is -0.174. The first-order valence-corrected chi connectivity index (χ1v) is 7.96. The Hall–Kier alpha value is -1.55. The van der Waals surface area contributed by atoms with Gasteiger partial charge in [0.1, 0.15) is 6.61 Å². The van der Waals surface area contributed by atoms with Gasteiger partial charge in [0.2, 0.25) is 0 Å². The lowest BCUT2D eigenvalue weighted by Gasteiger charge is -2.32. The Morgan fingerprint density at radius 1 is 1.38 bits per heavy atom. The normalized spacial score (nSPS) is 18.5. The molecule has 4 heteroatoms. The quantitative estimate of drug-likeness (QED) is 0.819. The molecule has 0 bridgehead atoms. The van der Waals surface area contributed by atoms with E-state index in [1.165, 1.54) is 6.42 Å². The first-order valence-electron chi connectivity index (χ1n) is 7.96. The van der Waals surface area contributed by atoms with Crippen LogP contribution < -0.4 is 5.32 Å². The third kappa shape index (κ3) is 5.38. The molecule has 1 amide bonds. The lowest BCUT2D eigenvalue weighted by Crippen LogP contribution is -2.40. The summed E-state index contributed by atoms with van der Waals surface area (Å²) in [5.74, 6) is 0.599. The number of hydrogen-bond donors (Lipinski definition) is 1. The van der Waals surface area contributed by atoms with Gasteiger partial charge in [0.05, 0.1) is 0 Å². The zero-order chi connectivity index (χ0) is 14.9. The van der Waals surface area contributed by atoms with E-state index >= 15 is 0 Å². The largest absolute Gasteiger partial charge is 0.445 e. The Morgan fingerprint density at radius 2 is 2.19 bits per heavy atom. The number of nitrogens with zero attached hydrogens (tertiary/aromatic N) is 1. The summed E-state index contributed by atoms with van der Waals surface area (Å²) in [5, 5.41) is 3.35. The fourth-order valence-corrected chi connectivity index (χ4v) is 2.76. The van der Waals surface area contributed by atoms with Crippen LogP contribution in [-0.2, 0) is 11.3 Å². The molecule has 0 radical (unpaired) electrons. The number of rotatable bonds is 6. The van der Waals surface area contributed by atoms with Crippen molar-refractivity contribution >= 4 is 6.09 Å². The Bertz CT molecular complexity index is 422. The summed E-state index contributed by atoms with van der Waals surface area (Å²) in [5.41, 5.74) is 1.03. The van der Waals surface area contributed by atoms with Gasteiger partial charge in [-0.05, 0) is 43.8 Å². The van der Waals surface area contributed by atoms with Gasteiger partial charge in [0.15, 0.2) is 0 Å². The van der Waals surface area contributed by atoms with E-state index in [4.69, 9.17) is 4.74 Å². The number of benzene rings is 1. The van der Waals surface area contributed by atoms with E-state index in [-0.39, 0.29) is 6.09 Å². The van der Waals surface area contributed by atoms with E-state index in [0.29, 0.717) is 12.5 Å². The van der Waals surface area contributed by atoms with Crippen LogP contribution in [0, 0.1) is 5.92 Å². The predicted molar refractivity (Wildman–Crippen MR) is 84.1 cm³/mol. The Labute approximate surface area is 127 Å². The molecular weight excluding hydrogens is 264 g/mol. The van der Waals surface area contributed by atoms with Gasteiger partial charge >= 0.3 is 6.09 Å². The maximum atomic E-state index is 12.1. The number of carbonyl (C=O) groups excluding carboxylic acids is 1. The van der Waals surface area contributed by atoms with Gasteiger partial charge in [-0.2, -0.15) is 0 Å². The number of hydrogen-bond acceptors (Lipinski definition) is 3. The molecule has 1 N–H and O–H groups in total. The van der Waals surface area contributed by atoms with Gasteiger partial charge in [0.25, 0.3) is 0 Å². The van der Waals surface area contributed by atoms with E-state index in [2.05, 4.69) is 12.2 Å². The molecule has 2 rings (SSSR count). The molecule has 1 heterocycles. The summed E-state index contributed by atoms with van der Waals surface area (Å²) in [4.78, 5) is 14.0. The zero-order valence-corrected chi connectivity index (χ0v) is 12.9. The monoisotopic (exact) mass is 290 g/mol. The van der Waals surface area contributed by atoms with Crippen LogP contribution in [0.4, 0.5) is 4.79 Å². The second-order valence-corrected chi connectivity index (χ2v) is 5.64. The predicted octanol–water partition coefficient (Wildman–Crippen LogP) is 3.03. The number of nitrogens with one attached hydrogen (secondary N) is 1. The average Bonchev–Trinajstić information content (AvgIpc) is 2.54. The second kappa shape index (κ2) is 8.67. The van der Waals surface area contributed by atoms with Crippen molar-refractivity contribution in [1.29, 1.82) is 0 Å². The van der Waals surface area contributed by atoms with Crippen LogP contribution >= 0.6 is 0 Å². The fraction of sp³-hybridized carbons (Fsp3) is 0.588. The number of amides is 1. The van der Waals surface area contributed by atoms with Gasteiger partial charge in [-0.25, -0.2) is 4.79 Å². The maximum Gasteiger partial charge on any atom is 0.410 e. The molecule has 1 aliphatic heterocycles. The highest BCUT2D eigenvalue weighted by molar-refractivity contribution is 5.67. The molecule has 0 saturated carbocycles. The third-order valence-corrected chi connectivity index (χ3v) is 3.96. The van der Waals surface area contributed by atoms with Gasteiger partial charge in [-0.3, -0.25) is 0 Å². The van der Waals surface area contributed by atoms with Crippen LogP contribution in [-0.4, -0.2) is 37.2 Å². The molecule has 116 valence electrons. The number of piperidine rings is 1. The summed E-state index contributed by atoms with van der Waals surface area (Å²) >= 11 is 0. The molecule has 1 atom stereocenters. The average molecular weight is 290 g/mol. The number of likely N-dealkylation sites (tertiary alicyclic amines) is 1. The van der Waals surface area contributed by atoms with Crippen LogP contribution in [0.25, 0.3) is 0 Å². The lowest BCUT2D eigenvalue weighted by atomic mass is 9.95. The highest BCUT2D eigenvalue weighted by Crippen LogP contribution is 2.20. The van der Waals surface area contributed by atoms with Crippen molar-refractivity contribution in [2.75, 3.05) is 26.2 Å². The molecule has 1 aromatic rings. The van der Waals surface area contributed by atoms with Gasteiger partial charge in [-0.1, -0.05) is 37.3 Å². The van der Waals surface area contributed by atoms with Crippen molar-refractivity contribution in [2.24, 2.45) is 5.92 Å². The highest BCUT2D eigenvalue weighted by atomic mass is 16.6. The van der Waals surface area contributed by atoms with Crippen molar-refractivity contribution < 1.29 is 9.53 Å². The molecule has 1 aliphatic rings. The minimum Gasteiger partial charge on any atom is -0.445 e. The molecule has 0 spiro atoms. The SMILES string of the molecule is CCNCCC1CCCN(C(=O)OCc2ccccc2)C1. The van der Waals surface area contributed by atoms with Crippen LogP contribution in [0.3, 0.4) is 0 Å². The lowest BCUT2D eigenvalue weighted by molar-refractivity contribution is 0.0780.